The highest BCUT2D eigenvalue weighted by Crippen LogP contribution is 2.33. The molecular formula is C20H30N2O2. The first kappa shape index (κ1) is 17.4. The molecule has 1 aliphatic carbocycles. The maximum Gasteiger partial charge on any atom is 0.239 e. The molecule has 1 amide bonds. The number of carbonyl (C=O) groups is 1. The summed E-state index contributed by atoms with van der Waals surface area (Å²) in [5.74, 6) is 0.579. The lowest BCUT2D eigenvalue weighted by Gasteiger charge is -2.32. The molecule has 2 aliphatic rings. The minimum Gasteiger partial charge on any atom is -0.376 e. The largest absolute Gasteiger partial charge is 0.376 e. The number of hydrogen-bond acceptors (Lipinski definition) is 3. The summed E-state index contributed by atoms with van der Waals surface area (Å²) in [6, 6.07) is 8.59. The molecule has 132 valence electrons. The lowest BCUT2D eigenvalue weighted by molar-refractivity contribution is -0.128. The van der Waals surface area contributed by atoms with Crippen LogP contribution in [0.3, 0.4) is 0 Å². The van der Waals surface area contributed by atoms with Crippen molar-refractivity contribution in [3.05, 3.63) is 35.4 Å². The third-order valence-corrected chi connectivity index (χ3v) is 5.54. The van der Waals surface area contributed by atoms with E-state index in [2.05, 4.69) is 36.5 Å². The van der Waals surface area contributed by atoms with Gasteiger partial charge in [0.05, 0.1) is 6.10 Å². The number of ether oxygens (including phenoxy) is 1. The van der Waals surface area contributed by atoms with Gasteiger partial charge in [0.15, 0.2) is 0 Å². The second kappa shape index (κ2) is 8.13. The summed E-state index contributed by atoms with van der Waals surface area (Å²) in [5, 5.41) is 3.15. The van der Waals surface area contributed by atoms with Gasteiger partial charge in [-0.3, -0.25) is 4.79 Å². The van der Waals surface area contributed by atoms with E-state index in [0.29, 0.717) is 5.92 Å². The van der Waals surface area contributed by atoms with Gasteiger partial charge in [-0.25, -0.2) is 0 Å². The summed E-state index contributed by atoms with van der Waals surface area (Å²) in [6.07, 6.45) is 7.29. The molecule has 0 spiro atoms. The number of amides is 1. The van der Waals surface area contributed by atoms with Crippen LogP contribution in [0.4, 0.5) is 0 Å². The smallest absolute Gasteiger partial charge is 0.239 e. The van der Waals surface area contributed by atoms with Crippen LogP contribution in [0.2, 0.25) is 0 Å². The van der Waals surface area contributed by atoms with E-state index in [1.807, 2.05) is 0 Å². The number of aryl methyl sites for hydroxylation is 1. The average Bonchev–Trinajstić information content (AvgIpc) is 2.63. The predicted molar refractivity (Wildman–Crippen MR) is 95.9 cm³/mol. The summed E-state index contributed by atoms with van der Waals surface area (Å²) in [7, 11) is 0. The second-order valence-corrected chi connectivity index (χ2v) is 7.40. The van der Waals surface area contributed by atoms with Crippen LogP contribution in [0.1, 0.15) is 62.0 Å². The Kier molecular flexibility index (Phi) is 5.90. The van der Waals surface area contributed by atoms with Crippen LogP contribution in [-0.4, -0.2) is 30.7 Å². The van der Waals surface area contributed by atoms with Gasteiger partial charge >= 0.3 is 0 Å². The first-order valence-corrected chi connectivity index (χ1v) is 9.37. The van der Waals surface area contributed by atoms with E-state index >= 15 is 0 Å². The standard InChI is InChI=1S/C20H30N2O2/c1-14-5-7-15(8-6-14)16-9-11-17(12-10-16)22-20(23)19(21)18-4-2-3-13-24-18/h5-8,16-19H,2-4,9-13,21H2,1H3,(H,22,23). The molecule has 2 unspecified atom stereocenters. The van der Waals surface area contributed by atoms with Gasteiger partial charge in [-0.1, -0.05) is 29.8 Å². The Morgan fingerprint density at radius 1 is 1.12 bits per heavy atom. The third-order valence-electron chi connectivity index (χ3n) is 5.54. The molecule has 0 radical (unpaired) electrons. The molecule has 1 saturated heterocycles. The Labute approximate surface area is 145 Å². The quantitative estimate of drug-likeness (QED) is 0.892. The highest BCUT2D eigenvalue weighted by Gasteiger charge is 2.30. The first-order chi connectivity index (χ1) is 11.6. The van der Waals surface area contributed by atoms with Gasteiger partial charge in [0.2, 0.25) is 5.91 Å². The summed E-state index contributed by atoms with van der Waals surface area (Å²) in [6.45, 7) is 2.85. The van der Waals surface area contributed by atoms with Gasteiger partial charge in [0, 0.05) is 12.6 Å². The van der Waals surface area contributed by atoms with Crippen LogP contribution < -0.4 is 11.1 Å². The Bertz CT molecular complexity index is 529. The molecule has 2 atom stereocenters. The molecule has 0 bridgehead atoms. The van der Waals surface area contributed by atoms with Crippen molar-refractivity contribution in [2.24, 2.45) is 5.73 Å². The molecule has 4 heteroatoms. The SMILES string of the molecule is Cc1ccc(C2CCC(NC(=O)C(N)C3CCCCO3)CC2)cc1. The van der Waals surface area contributed by atoms with Crippen LogP contribution >= 0.6 is 0 Å². The fraction of sp³-hybridized carbons (Fsp3) is 0.650. The number of benzene rings is 1. The van der Waals surface area contributed by atoms with E-state index < -0.39 is 6.04 Å². The zero-order valence-electron chi connectivity index (χ0n) is 14.7. The van der Waals surface area contributed by atoms with Gasteiger partial charge in [0.25, 0.3) is 0 Å². The molecule has 4 nitrogen and oxygen atoms in total. The van der Waals surface area contributed by atoms with E-state index in [9.17, 15) is 4.79 Å². The predicted octanol–water partition coefficient (Wildman–Crippen LogP) is 3.03. The monoisotopic (exact) mass is 330 g/mol. The normalized spacial score (nSPS) is 29.0. The Morgan fingerprint density at radius 2 is 1.83 bits per heavy atom. The van der Waals surface area contributed by atoms with Crippen LogP contribution in [-0.2, 0) is 9.53 Å². The minimum absolute atomic E-state index is 0.0410. The topological polar surface area (TPSA) is 64.4 Å². The van der Waals surface area contributed by atoms with E-state index in [-0.39, 0.29) is 18.1 Å². The van der Waals surface area contributed by atoms with Crippen LogP contribution in [0.25, 0.3) is 0 Å². The lowest BCUT2D eigenvalue weighted by atomic mass is 9.81. The van der Waals surface area contributed by atoms with Crippen molar-refractivity contribution in [1.29, 1.82) is 0 Å². The number of nitrogens with one attached hydrogen (secondary N) is 1. The zero-order valence-corrected chi connectivity index (χ0v) is 14.7. The molecule has 0 aromatic heterocycles. The number of nitrogens with two attached hydrogens (primary N) is 1. The molecule has 3 N–H and O–H groups in total. The second-order valence-electron chi connectivity index (χ2n) is 7.40. The Morgan fingerprint density at radius 3 is 2.46 bits per heavy atom. The molecule has 1 heterocycles. The maximum absolute atomic E-state index is 12.4. The average molecular weight is 330 g/mol. The van der Waals surface area contributed by atoms with Crippen LogP contribution in [0.15, 0.2) is 24.3 Å². The Balaban J connectivity index is 1.46. The van der Waals surface area contributed by atoms with Gasteiger partial charge < -0.3 is 15.8 Å². The van der Waals surface area contributed by atoms with Crippen molar-refractivity contribution < 1.29 is 9.53 Å². The third kappa shape index (κ3) is 4.37. The molecule has 2 fully saturated rings. The zero-order chi connectivity index (χ0) is 16.9. The molecule has 1 aromatic carbocycles. The van der Waals surface area contributed by atoms with Crippen molar-refractivity contribution in [2.45, 2.75) is 76.0 Å². The van der Waals surface area contributed by atoms with Crippen molar-refractivity contribution in [3.8, 4) is 0 Å². The summed E-state index contributed by atoms with van der Waals surface area (Å²) >= 11 is 0. The number of carbonyl (C=O) groups excluding carboxylic acids is 1. The fourth-order valence-corrected chi connectivity index (χ4v) is 3.92. The van der Waals surface area contributed by atoms with Crippen molar-refractivity contribution in [2.75, 3.05) is 6.61 Å². The highest BCUT2D eigenvalue weighted by molar-refractivity contribution is 5.82. The molecule has 1 aromatic rings. The Hall–Kier alpha value is -1.39. The summed E-state index contributed by atoms with van der Waals surface area (Å²) in [5.41, 5.74) is 8.84. The molecule has 1 aliphatic heterocycles. The van der Waals surface area contributed by atoms with Crippen molar-refractivity contribution in [3.63, 3.8) is 0 Å². The van der Waals surface area contributed by atoms with Crippen LogP contribution in [0, 0.1) is 6.92 Å². The molecular weight excluding hydrogens is 300 g/mol. The van der Waals surface area contributed by atoms with E-state index in [0.717, 1.165) is 51.6 Å². The number of rotatable bonds is 4. The lowest BCUT2D eigenvalue weighted by Crippen LogP contribution is -2.53. The molecule has 24 heavy (non-hydrogen) atoms. The minimum atomic E-state index is -0.528. The van der Waals surface area contributed by atoms with Gasteiger partial charge in [-0.05, 0) is 63.4 Å². The molecule has 1 saturated carbocycles. The van der Waals surface area contributed by atoms with E-state index in [1.54, 1.807) is 0 Å². The van der Waals surface area contributed by atoms with Crippen molar-refractivity contribution in [1.82, 2.24) is 5.32 Å². The fourth-order valence-electron chi connectivity index (χ4n) is 3.92. The van der Waals surface area contributed by atoms with E-state index in [4.69, 9.17) is 10.5 Å². The summed E-state index contributed by atoms with van der Waals surface area (Å²) in [4.78, 5) is 12.4. The van der Waals surface area contributed by atoms with E-state index in [1.165, 1.54) is 11.1 Å². The van der Waals surface area contributed by atoms with Gasteiger partial charge in [-0.15, -0.1) is 0 Å². The van der Waals surface area contributed by atoms with Crippen LogP contribution in [0.5, 0.6) is 0 Å². The summed E-state index contributed by atoms with van der Waals surface area (Å²) < 4.78 is 5.65. The first-order valence-electron chi connectivity index (χ1n) is 9.37. The maximum atomic E-state index is 12.4. The van der Waals surface area contributed by atoms with Crippen molar-refractivity contribution >= 4 is 5.91 Å². The highest BCUT2D eigenvalue weighted by atomic mass is 16.5. The molecule has 3 rings (SSSR count). The van der Waals surface area contributed by atoms with Gasteiger partial charge in [-0.2, -0.15) is 0 Å². The number of hydrogen-bond donors (Lipinski definition) is 2. The van der Waals surface area contributed by atoms with Gasteiger partial charge in [0.1, 0.15) is 6.04 Å².